The fourth-order valence-corrected chi connectivity index (χ4v) is 3.30. The van der Waals surface area contributed by atoms with E-state index in [1.165, 1.54) is 28.6 Å². The highest BCUT2D eigenvalue weighted by atomic mass is 32.2. The molecule has 5 heteroatoms. The maximum absolute atomic E-state index is 12.2. The minimum absolute atomic E-state index is 0.0827. The Hall–Kier alpha value is -1.38. The van der Waals surface area contributed by atoms with Gasteiger partial charge < -0.3 is 0 Å². The Balaban J connectivity index is 3.17. The molecule has 0 unspecified atom stereocenters. The summed E-state index contributed by atoms with van der Waals surface area (Å²) in [6, 6.07) is 7.85. The fraction of sp³-hybridized carbons (Fsp3) is 0.417. The van der Waals surface area contributed by atoms with E-state index >= 15 is 0 Å². The number of benzene rings is 1. The van der Waals surface area contributed by atoms with Crippen LogP contribution in [-0.4, -0.2) is 25.3 Å². The van der Waals surface area contributed by atoms with Crippen LogP contribution in [-0.2, 0) is 10.0 Å². The van der Waals surface area contributed by atoms with E-state index in [4.69, 9.17) is 5.26 Å². The zero-order valence-electron chi connectivity index (χ0n) is 10.2. The summed E-state index contributed by atoms with van der Waals surface area (Å²) in [6.45, 7) is 5.91. The smallest absolute Gasteiger partial charge is 0.207 e. The molecular weight excluding hydrogens is 236 g/mol. The Morgan fingerprint density at radius 2 is 1.82 bits per heavy atom. The first-order valence-electron chi connectivity index (χ1n) is 5.45. The van der Waals surface area contributed by atoms with Gasteiger partial charge in [-0.15, -0.1) is 0 Å². The molecular formula is C12H16N2O2S. The monoisotopic (exact) mass is 252 g/mol. The molecule has 0 N–H and O–H groups in total. The summed E-state index contributed by atoms with van der Waals surface area (Å²) in [4.78, 5) is 0.229. The van der Waals surface area contributed by atoms with Gasteiger partial charge in [0.15, 0.2) is 0 Å². The van der Waals surface area contributed by atoms with Crippen molar-refractivity contribution in [3.8, 4) is 6.07 Å². The van der Waals surface area contributed by atoms with Gasteiger partial charge in [0.1, 0.15) is 0 Å². The highest BCUT2D eigenvalue weighted by Crippen LogP contribution is 2.18. The predicted octanol–water partition coefficient (Wildman–Crippen LogP) is 1.98. The largest absolute Gasteiger partial charge is 0.243 e. The third-order valence-corrected chi connectivity index (χ3v) is 4.64. The molecule has 0 bridgehead atoms. The number of hydrogen-bond acceptors (Lipinski definition) is 3. The molecule has 4 nitrogen and oxygen atoms in total. The number of hydrogen-bond donors (Lipinski definition) is 0. The molecule has 0 aliphatic heterocycles. The van der Waals surface area contributed by atoms with Crippen LogP contribution >= 0.6 is 0 Å². The average Bonchev–Trinajstić information content (AvgIpc) is 2.29. The van der Waals surface area contributed by atoms with E-state index in [1.54, 1.807) is 6.92 Å². The molecule has 0 aliphatic rings. The summed E-state index contributed by atoms with van der Waals surface area (Å²) in [5, 5.41) is 8.67. The van der Waals surface area contributed by atoms with Crippen molar-refractivity contribution in [2.24, 2.45) is 0 Å². The molecule has 0 heterocycles. The summed E-state index contributed by atoms with van der Waals surface area (Å²) in [6.07, 6.45) is 0. The van der Waals surface area contributed by atoms with Crippen molar-refractivity contribution < 1.29 is 8.42 Å². The number of sulfonamides is 1. The van der Waals surface area contributed by atoms with Crippen LogP contribution in [0.15, 0.2) is 29.2 Å². The molecule has 0 fully saturated rings. The van der Waals surface area contributed by atoms with Gasteiger partial charge in [-0.1, -0.05) is 6.92 Å². The normalized spacial score (nSPS) is 11.8. The molecule has 1 rings (SSSR count). The van der Waals surface area contributed by atoms with Crippen LogP contribution in [0.5, 0.6) is 0 Å². The van der Waals surface area contributed by atoms with Crippen molar-refractivity contribution >= 4 is 10.0 Å². The Kier molecular flexibility index (Phi) is 4.27. The lowest BCUT2D eigenvalue weighted by molar-refractivity contribution is 0.369. The molecule has 0 atom stereocenters. The van der Waals surface area contributed by atoms with E-state index < -0.39 is 10.0 Å². The van der Waals surface area contributed by atoms with Crippen LogP contribution in [0.3, 0.4) is 0 Å². The standard InChI is InChI=1S/C12H16N2O2S/c1-4-14(10(2)3)17(15,16)12-7-5-11(9-13)6-8-12/h5-8,10H,4H2,1-3H3. The fourth-order valence-electron chi connectivity index (χ4n) is 1.65. The minimum atomic E-state index is -3.45. The van der Waals surface area contributed by atoms with Gasteiger partial charge in [-0.05, 0) is 38.1 Å². The van der Waals surface area contributed by atoms with Crippen LogP contribution in [0.4, 0.5) is 0 Å². The van der Waals surface area contributed by atoms with Crippen LogP contribution in [0, 0.1) is 11.3 Å². The summed E-state index contributed by atoms with van der Waals surface area (Å²) in [5.41, 5.74) is 0.455. The molecule has 1 aromatic carbocycles. The second kappa shape index (κ2) is 5.30. The van der Waals surface area contributed by atoms with E-state index in [-0.39, 0.29) is 10.9 Å². The second-order valence-electron chi connectivity index (χ2n) is 3.94. The predicted molar refractivity (Wildman–Crippen MR) is 65.9 cm³/mol. The van der Waals surface area contributed by atoms with Gasteiger partial charge in [-0.25, -0.2) is 8.42 Å². The lowest BCUT2D eigenvalue weighted by Gasteiger charge is -2.24. The summed E-state index contributed by atoms with van der Waals surface area (Å²) in [5.74, 6) is 0. The third-order valence-electron chi connectivity index (χ3n) is 2.48. The summed E-state index contributed by atoms with van der Waals surface area (Å²) in [7, 11) is -3.45. The zero-order valence-corrected chi connectivity index (χ0v) is 11.0. The van der Waals surface area contributed by atoms with Gasteiger partial charge in [-0.2, -0.15) is 9.57 Å². The maximum atomic E-state index is 12.2. The van der Waals surface area contributed by atoms with E-state index in [2.05, 4.69) is 0 Å². The first-order valence-corrected chi connectivity index (χ1v) is 6.89. The molecule has 0 aromatic heterocycles. The number of nitriles is 1. The van der Waals surface area contributed by atoms with Crippen molar-refractivity contribution in [1.82, 2.24) is 4.31 Å². The summed E-state index contributed by atoms with van der Waals surface area (Å²) >= 11 is 0. The molecule has 92 valence electrons. The van der Waals surface area contributed by atoms with Crippen molar-refractivity contribution in [1.29, 1.82) is 5.26 Å². The van der Waals surface area contributed by atoms with Gasteiger partial charge >= 0.3 is 0 Å². The first-order chi connectivity index (χ1) is 7.93. The van der Waals surface area contributed by atoms with Crippen LogP contribution in [0.25, 0.3) is 0 Å². The Labute approximate surface area is 103 Å². The average molecular weight is 252 g/mol. The van der Waals surface area contributed by atoms with Crippen LogP contribution in [0.2, 0.25) is 0 Å². The first kappa shape index (κ1) is 13.7. The number of nitrogens with zero attached hydrogens (tertiary/aromatic N) is 2. The molecule has 17 heavy (non-hydrogen) atoms. The van der Waals surface area contributed by atoms with E-state index in [0.717, 1.165) is 0 Å². The summed E-state index contributed by atoms with van der Waals surface area (Å²) < 4.78 is 25.9. The van der Waals surface area contributed by atoms with Crippen LogP contribution < -0.4 is 0 Å². The SMILES string of the molecule is CCN(C(C)C)S(=O)(=O)c1ccc(C#N)cc1. The van der Waals surface area contributed by atoms with Gasteiger partial charge in [-0.3, -0.25) is 0 Å². The lowest BCUT2D eigenvalue weighted by atomic mass is 10.2. The Bertz CT molecular complexity index is 512. The van der Waals surface area contributed by atoms with E-state index in [9.17, 15) is 8.42 Å². The van der Waals surface area contributed by atoms with Crippen LogP contribution in [0.1, 0.15) is 26.3 Å². The van der Waals surface area contributed by atoms with Crippen molar-refractivity contribution in [3.05, 3.63) is 29.8 Å². The highest BCUT2D eigenvalue weighted by molar-refractivity contribution is 7.89. The maximum Gasteiger partial charge on any atom is 0.243 e. The molecule has 0 amide bonds. The quantitative estimate of drug-likeness (QED) is 0.823. The van der Waals surface area contributed by atoms with Crippen molar-refractivity contribution in [2.75, 3.05) is 6.54 Å². The third kappa shape index (κ3) is 2.84. The Morgan fingerprint density at radius 1 is 1.29 bits per heavy atom. The van der Waals surface area contributed by atoms with Gasteiger partial charge in [0.25, 0.3) is 0 Å². The molecule has 1 aromatic rings. The molecule has 0 radical (unpaired) electrons. The van der Waals surface area contributed by atoms with E-state index in [1.807, 2.05) is 19.9 Å². The lowest BCUT2D eigenvalue weighted by Crippen LogP contribution is -2.36. The van der Waals surface area contributed by atoms with E-state index in [0.29, 0.717) is 12.1 Å². The zero-order chi connectivity index (χ0) is 13.1. The Morgan fingerprint density at radius 3 is 2.18 bits per heavy atom. The van der Waals surface area contributed by atoms with Crippen molar-refractivity contribution in [3.63, 3.8) is 0 Å². The van der Waals surface area contributed by atoms with Gasteiger partial charge in [0.2, 0.25) is 10.0 Å². The topological polar surface area (TPSA) is 61.2 Å². The molecule has 0 aliphatic carbocycles. The molecule has 0 saturated carbocycles. The highest BCUT2D eigenvalue weighted by Gasteiger charge is 2.25. The van der Waals surface area contributed by atoms with Gasteiger partial charge in [0, 0.05) is 12.6 Å². The second-order valence-corrected chi connectivity index (χ2v) is 5.83. The van der Waals surface area contributed by atoms with Crippen molar-refractivity contribution in [2.45, 2.75) is 31.7 Å². The number of rotatable bonds is 4. The molecule has 0 spiro atoms. The molecule has 0 saturated heterocycles. The van der Waals surface area contributed by atoms with Gasteiger partial charge in [0.05, 0.1) is 16.5 Å². The minimum Gasteiger partial charge on any atom is -0.207 e.